The standard InChI is InChI=1S/C17H17N5O2S2/c1-10(2)8-22-15(12-4-3-6-24-12)20-21-17(22)26-9-13-18-11-5-7-25-14(11)16(23)19-13/h3-7,10H,8-9H2,1-2H3,(H,18,19,23). The number of thioether (sulfide) groups is 1. The average Bonchev–Trinajstić information content (AvgIpc) is 3.33. The van der Waals surface area contributed by atoms with Crippen LogP contribution in [0.25, 0.3) is 21.8 Å². The lowest BCUT2D eigenvalue weighted by Gasteiger charge is -2.11. The van der Waals surface area contributed by atoms with Crippen LogP contribution in [-0.4, -0.2) is 24.7 Å². The fourth-order valence-electron chi connectivity index (χ4n) is 2.64. The molecule has 0 bridgehead atoms. The molecule has 1 N–H and O–H groups in total. The topological polar surface area (TPSA) is 89.6 Å². The van der Waals surface area contributed by atoms with E-state index in [2.05, 4.69) is 38.6 Å². The molecule has 0 amide bonds. The van der Waals surface area contributed by atoms with Gasteiger partial charge in [-0.15, -0.1) is 21.5 Å². The van der Waals surface area contributed by atoms with Gasteiger partial charge < -0.3 is 9.40 Å². The largest absolute Gasteiger partial charge is 0.461 e. The highest BCUT2D eigenvalue weighted by atomic mass is 32.2. The highest BCUT2D eigenvalue weighted by Crippen LogP contribution is 2.27. The van der Waals surface area contributed by atoms with Crippen LogP contribution in [0.4, 0.5) is 0 Å². The fourth-order valence-corrected chi connectivity index (χ4v) is 4.18. The Morgan fingerprint density at radius 2 is 2.23 bits per heavy atom. The third-order valence-corrected chi connectivity index (χ3v) is 5.59. The first-order valence-corrected chi connectivity index (χ1v) is 10.0. The molecule has 0 saturated heterocycles. The normalized spacial score (nSPS) is 11.7. The number of nitrogens with zero attached hydrogens (tertiary/aromatic N) is 4. The molecule has 0 aliphatic carbocycles. The Morgan fingerprint density at radius 1 is 1.35 bits per heavy atom. The molecule has 4 heterocycles. The molecule has 4 aromatic heterocycles. The van der Waals surface area contributed by atoms with Gasteiger partial charge in [-0.25, -0.2) is 4.98 Å². The lowest BCUT2D eigenvalue weighted by atomic mass is 10.2. The summed E-state index contributed by atoms with van der Waals surface area (Å²) < 4.78 is 8.19. The number of hydrogen-bond acceptors (Lipinski definition) is 7. The Labute approximate surface area is 157 Å². The quantitative estimate of drug-likeness (QED) is 0.506. The lowest BCUT2D eigenvalue weighted by Crippen LogP contribution is -2.10. The van der Waals surface area contributed by atoms with Gasteiger partial charge in [-0.3, -0.25) is 9.36 Å². The Hall–Kier alpha value is -2.39. The molecule has 26 heavy (non-hydrogen) atoms. The van der Waals surface area contributed by atoms with Crippen molar-refractivity contribution in [3.63, 3.8) is 0 Å². The minimum atomic E-state index is -0.0967. The zero-order chi connectivity index (χ0) is 18.1. The van der Waals surface area contributed by atoms with E-state index in [1.165, 1.54) is 23.1 Å². The van der Waals surface area contributed by atoms with Crippen LogP contribution >= 0.6 is 23.1 Å². The third-order valence-electron chi connectivity index (χ3n) is 3.71. The summed E-state index contributed by atoms with van der Waals surface area (Å²) in [5, 5.41) is 11.3. The van der Waals surface area contributed by atoms with E-state index in [1.807, 2.05) is 23.6 Å². The number of H-pyrrole nitrogens is 1. The third kappa shape index (κ3) is 3.32. The molecule has 0 unspecified atom stereocenters. The van der Waals surface area contributed by atoms with Gasteiger partial charge in [-0.1, -0.05) is 25.6 Å². The van der Waals surface area contributed by atoms with Gasteiger partial charge in [-0.2, -0.15) is 0 Å². The minimum Gasteiger partial charge on any atom is -0.461 e. The van der Waals surface area contributed by atoms with Crippen LogP contribution in [0.2, 0.25) is 0 Å². The SMILES string of the molecule is CC(C)Cn1c(SCc2nc3ccsc3c(=O)[nH]2)nnc1-c1ccco1. The first-order chi connectivity index (χ1) is 12.6. The van der Waals surface area contributed by atoms with Crippen molar-refractivity contribution in [1.29, 1.82) is 0 Å². The monoisotopic (exact) mass is 387 g/mol. The molecular formula is C17H17N5O2S2. The molecule has 134 valence electrons. The summed E-state index contributed by atoms with van der Waals surface area (Å²) in [6.07, 6.45) is 1.63. The van der Waals surface area contributed by atoms with E-state index in [4.69, 9.17) is 4.42 Å². The number of aromatic amines is 1. The van der Waals surface area contributed by atoms with Crippen LogP contribution in [-0.2, 0) is 12.3 Å². The van der Waals surface area contributed by atoms with Crippen molar-refractivity contribution in [1.82, 2.24) is 24.7 Å². The molecule has 4 aromatic rings. The summed E-state index contributed by atoms with van der Waals surface area (Å²) in [6, 6.07) is 5.57. The lowest BCUT2D eigenvalue weighted by molar-refractivity contribution is 0.489. The maximum Gasteiger partial charge on any atom is 0.268 e. The Kier molecular flexibility index (Phi) is 4.64. The van der Waals surface area contributed by atoms with Crippen LogP contribution in [0.15, 0.2) is 44.2 Å². The minimum absolute atomic E-state index is 0.0967. The van der Waals surface area contributed by atoms with E-state index in [0.29, 0.717) is 33.8 Å². The van der Waals surface area contributed by atoms with Crippen molar-refractivity contribution in [3.05, 3.63) is 46.0 Å². The van der Waals surface area contributed by atoms with Crippen LogP contribution in [0.1, 0.15) is 19.7 Å². The predicted molar refractivity (Wildman–Crippen MR) is 102 cm³/mol. The predicted octanol–water partition coefficient (Wildman–Crippen LogP) is 3.78. The number of furan rings is 1. The van der Waals surface area contributed by atoms with Gasteiger partial charge in [0.25, 0.3) is 5.56 Å². The molecule has 0 aromatic carbocycles. The Balaban J connectivity index is 1.62. The highest BCUT2D eigenvalue weighted by molar-refractivity contribution is 7.98. The molecular weight excluding hydrogens is 370 g/mol. The fraction of sp³-hybridized carbons (Fsp3) is 0.294. The molecule has 0 fully saturated rings. The summed E-state index contributed by atoms with van der Waals surface area (Å²) in [6.45, 7) is 5.06. The van der Waals surface area contributed by atoms with Crippen molar-refractivity contribution in [2.75, 3.05) is 0 Å². The first-order valence-electron chi connectivity index (χ1n) is 8.18. The number of nitrogens with one attached hydrogen (secondary N) is 1. The number of thiophene rings is 1. The molecule has 9 heteroatoms. The Bertz CT molecular complexity index is 1080. The van der Waals surface area contributed by atoms with Crippen LogP contribution < -0.4 is 5.56 Å². The number of aromatic nitrogens is 5. The van der Waals surface area contributed by atoms with E-state index in [1.54, 1.807) is 6.26 Å². The van der Waals surface area contributed by atoms with Crippen LogP contribution in [0.3, 0.4) is 0 Å². The molecule has 0 aliphatic rings. The maximum atomic E-state index is 12.1. The van der Waals surface area contributed by atoms with Crippen LogP contribution in [0, 0.1) is 5.92 Å². The summed E-state index contributed by atoms with van der Waals surface area (Å²) in [4.78, 5) is 19.5. The average molecular weight is 387 g/mol. The molecule has 0 radical (unpaired) electrons. The number of fused-ring (bicyclic) bond motifs is 1. The molecule has 0 saturated carbocycles. The summed E-state index contributed by atoms with van der Waals surface area (Å²) in [5.74, 6) is 2.97. The molecule has 7 nitrogen and oxygen atoms in total. The van der Waals surface area contributed by atoms with Gasteiger partial charge >= 0.3 is 0 Å². The smallest absolute Gasteiger partial charge is 0.268 e. The van der Waals surface area contributed by atoms with E-state index >= 15 is 0 Å². The second-order valence-corrected chi connectivity index (χ2v) is 8.08. The molecule has 0 atom stereocenters. The highest BCUT2D eigenvalue weighted by Gasteiger charge is 2.18. The van der Waals surface area contributed by atoms with Gasteiger partial charge in [0, 0.05) is 6.54 Å². The Morgan fingerprint density at radius 3 is 3.00 bits per heavy atom. The van der Waals surface area contributed by atoms with Crippen molar-refractivity contribution in [2.24, 2.45) is 5.92 Å². The molecule has 4 rings (SSSR count). The van der Waals surface area contributed by atoms with Crippen molar-refractivity contribution < 1.29 is 4.42 Å². The second-order valence-electron chi connectivity index (χ2n) is 6.22. The second kappa shape index (κ2) is 7.08. The van der Waals surface area contributed by atoms with Crippen LogP contribution in [0.5, 0.6) is 0 Å². The van der Waals surface area contributed by atoms with Crippen molar-refractivity contribution in [2.45, 2.75) is 31.3 Å². The zero-order valence-electron chi connectivity index (χ0n) is 14.3. The van der Waals surface area contributed by atoms with E-state index in [0.717, 1.165) is 17.2 Å². The number of hydrogen-bond donors (Lipinski definition) is 1. The van der Waals surface area contributed by atoms with E-state index < -0.39 is 0 Å². The summed E-state index contributed by atoms with van der Waals surface area (Å²) in [5.41, 5.74) is 0.634. The van der Waals surface area contributed by atoms with Crippen molar-refractivity contribution in [3.8, 4) is 11.6 Å². The van der Waals surface area contributed by atoms with E-state index in [-0.39, 0.29) is 5.56 Å². The van der Waals surface area contributed by atoms with Gasteiger partial charge in [0.2, 0.25) is 0 Å². The van der Waals surface area contributed by atoms with Gasteiger partial charge in [0.1, 0.15) is 10.5 Å². The van der Waals surface area contributed by atoms with E-state index in [9.17, 15) is 4.79 Å². The summed E-state index contributed by atoms with van der Waals surface area (Å²) in [7, 11) is 0. The van der Waals surface area contributed by atoms with Gasteiger partial charge in [-0.05, 0) is 29.5 Å². The molecule has 0 aliphatic heterocycles. The van der Waals surface area contributed by atoms with Gasteiger partial charge in [0.05, 0.1) is 17.5 Å². The van der Waals surface area contributed by atoms with Crippen molar-refractivity contribution >= 4 is 33.3 Å². The zero-order valence-corrected chi connectivity index (χ0v) is 15.9. The summed E-state index contributed by atoms with van der Waals surface area (Å²) >= 11 is 2.90. The molecule has 0 spiro atoms. The first kappa shape index (κ1) is 17.0. The van der Waals surface area contributed by atoms with Gasteiger partial charge in [0.15, 0.2) is 16.7 Å². The maximum absolute atomic E-state index is 12.1. The number of rotatable bonds is 6.